The Morgan fingerprint density at radius 2 is 2.00 bits per heavy atom. The van der Waals surface area contributed by atoms with Gasteiger partial charge in [0, 0.05) is 29.8 Å². The van der Waals surface area contributed by atoms with Crippen molar-refractivity contribution in [2.24, 2.45) is 4.99 Å². The number of thiazole rings is 1. The molecule has 1 aliphatic rings. The molecule has 2 amide bonds. The molecule has 0 aliphatic carbocycles. The molecule has 1 saturated heterocycles. The number of carbonyl (C=O) groups excluding carboxylic acids is 2. The second-order valence-corrected chi connectivity index (χ2v) is 8.48. The van der Waals surface area contributed by atoms with Crippen molar-refractivity contribution in [3.05, 3.63) is 74.9 Å². The molecule has 3 heterocycles. The highest BCUT2D eigenvalue weighted by molar-refractivity contribution is 7.07. The quantitative estimate of drug-likeness (QED) is 0.637. The first-order valence-corrected chi connectivity index (χ1v) is 11.2. The number of furan rings is 1. The normalized spacial score (nSPS) is 16.6. The summed E-state index contributed by atoms with van der Waals surface area (Å²) in [5.74, 6) is 0.334. The number of hydrogen-bond donors (Lipinski definition) is 1. The van der Waals surface area contributed by atoms with Crippen LogP contribution in [0.5, 0.6) is 0 Å². The number of amides is 2. The minimum absolute atomic E-state index is 0.0811. The van der Waals surface area contributed by atoms with E-state index in [1.807, 2.05) is 35.9 Å². The first kappa shape index (κ1) is 21.3. The van der Waals surface area contributed by atoms with Crippen LogP contribution in [0, 0.1) is 13.8 Å². The molecule has 7 nitrogen and oxygen atoms in total. The third kappa shape index (κ3) is 5.21. The molecule has 1 N–H and O–H groups in total. The average Bonchev–Trinajstić information content (AvgIpc) is 3.51. The smallest absolute Gasteiger partial charge is 0.287 e. The van der Waals surface area contributed by atoms with Crippen LogP contribution >= 0.6 is 11.3 Å². The van der Waals surface area contributed by atoms with Crippen molar-refractivity contribution >= 4 is 23.2 Å². The molecule has 1 atom stereocenters. The van der Waals surface area contributed by atoms with Crippen molar-refractivity contribution in [1.82, 2.24) is 9.88 Å². The summed E-state index contributed by atoms with van der Waals surface area (Å²) >= 11 is 1.40. The van der Waals surface area contributed by atoms with Crippen molar-refractivity contribution in [2.75, 3.05) is 13.2 Å². The van der Waals surface area contributed by atoms with Crippen LogP contribution in [-0.2, 0) is 11.3 Å². The van der Waals surface area contributed by atoms with Gasteiger partial charge in [-0.15, -0.1) is 11.3 Å². The molecule has 1 aliphatic heterocycles. The second kappa shape index (κ2) is 9.45. The Balaban J connectivity index is 1.46. The zero-order chi connectivity index (χ0) is 21.8. The van der Waals surface area contributed by atoms with E-state index in [1.165, 1.54) is 11.3 Å². The van der Waals surface area contributed by atoms with Crippen LogP contribution < -0.4 is 10.1 Å². The van der Waals surface area contributed by atoms with E-state index in [2.05, 4.69) is 10.3 Å². The van der Waals surface area contributed by atoms with E-state index >= 15 is 0 Å². The molecule has 162 valence electrons. The third-order valence-electron chi connectivity index (χ3n) is 5.20. The van der Waals surface area contributed by atoms with Crippen LogP contribution in [0.15, 0.2) is 51.2 Å². The van der Waals surface area contributed by atoms with Gasteiger partial charge in [0.1, 0.15) is 5.76 Å². The summed E-state index contributed by atoms with van der Waals surface area (Å²) in [7, 11) is 0. The van der Waals surface area contributed by atoms with Gasteiger partial charge in [-0.05, 0) is 51.0 Å². The number of rotatable bonds is 6. The molecule has 0 spiro atoms. The van der Waals surface area contributed by atoms with Gasteiger partial charge in [0.25, 0.3) is 11.8 Å². The van der Waals surface area contributed by atoms with Gasteiger partial charge in [-0.1, -0.05) is 17.7 Å². The Hall–Kier alpha value is -2.97. The van der Waals surface area contributed by atoms with Gasteiger partial charge in [0.05, 0.1) is 12.6 Å². The van der Waals surface area contributed by atoms with Gasteiger partial charge >= 0.3 is 0 Å². The Labute approximate surface area is 184 Å². The molecule has 1 fully saturated rings. The van der Waals surface area contributed by atoms with Gasteiger partial charge in [-0.3, -0.25) is 9.59 Å². The van der Waals surface area contributed by atoms with Crippen LogP contribution in [0.25, 0.3) is 0 Å². The van der Waals surface area contributed by atoms with Crippen molar-refractivity contribution in [3.8, 4) is 0 Å². The molecule has 31 heavy (non-hydrogen) atoms. The van der Waals surface area contributed by atoms with Crippen molar-refractivity contribution < 1.29 is 18.7 Å². The zero-order valence-electron chi connectivity index (χ0n) is 17.6. The van der Waals surface area contributed by atoms with Gasteiger partial charge in [0.2, 0.25) is 0 Å². The minimum atomic E-state index is -0.288. The number of ether oxygens (including phenoxy) is 1. The fourth-order valence-corrected chi connectivity index (χ4v) is 4.26. The third-order valence-corrected chi connectivity index (χ3v) is 6.18. The van der Waals surface area contributed by atoms with Gasteiger partial charge in [-0.25, -0.2) is 0 Å². The lowest BCUT2D eigenvalue weighted by molar-refractivity contribution is 0.0833. The predicted molar refractivity (Wildman–Crippen MR) is 117 cm³/mol. The van der Waals surface area contributed by atoms with Gasteiger partial charge < -0.3 is 19.0 Å². The van der Waals surface area contributed by atoms with E-state index in [0.29, 0.717) is 29.2 Å². The number of aromatic nitrogens is 1. The van der Waals surface area contributed by atoms with Gasteiger partial charge in [0.15, 0.2) is 10.6 Å². The standard InChI is InChI=1S/C23H25N3O4S/c1-15-5-7-17(8-6-15)21(27)25-23-26(16(2)14-31-23)13-19-9-10-20(30-19)22(28)24-12-18-4-3-11-29-18/h5-10,14,18H,3-4,11-13H2,1-2H3,(H,24,28). The Bertz CT molecular complexity index is 1130. The lowest BCUT2D eigenvalue weighted by atomic mass is 10.1. The second-order valence-electron chi connectivity index (χ2n) is 7.64. The summed E-state index contributed by atoms with van der Waals surface area (Å²) in [6.45, 7) is 5.54. The van der Waals surface area contributed by atoms with Crippen LogP contribution in [0.1, 0.15) is 50.8 Å². The molecular formula is C23H25N3O4S. The molecule has 1 aromatic carbocycles. The number of nitrogens with one attached hydrogen (secondary N) is 1. The number of aryl methyl sites for hydroxylation is 2. The lowest BCUT2D eigenvalue weighted by Gasteiger charge is -2.09. The predicted octanol–water partition coefficient (Wildman–Crippen LogP) is 3.46. The molecule has 0 bridgehead atoms. The molecule has 3 aromatic rings. The maximum atomic E-state index is 12.6. The summed E-state index contributed by atoms with van der Waals surface area (Å²) in [5, 5.41) is 4.80. The van der Waals surface area contributed by atoms with Crippen LogP contribution in [0.4, 0.5) is 0 Å². The lowest BCUT2D eigenvalue weighted by Crippen LogP contribution is -2.31. The van der Waals surface area contributed by atoms with Crippen LogP contribution in [0.2, 0.25) is 0 Å². The monoisotopic (exact) mass is 439 g/mol. The summed E-state index contributed by atoms with van der Waals surface area (Å²) in [5.41, 5.74) is 2.60. The fraction of sp³-hybridized carbons (Fsp3) is 0.348. The maximum absolute atomic E-state index is 12.6. The highest BCUT2D eigenvalue weighted by Crippen LogP contribution is 2.13. The largest absolute Gasteiger partial charge is 0.454 e. The number of hydrogen-bond acceptors (Lipinski definition) is 5. The summed E-state index contributed by atoms with van der Waals surface area (Å²) in [6, 6.07) is 10.8. The Morgan fingerprint density at radius 3 is 2.74 bits per heavy atom. The van der Waals surface area contributed by atoms with E-state index in [9.17, 15) is 9.59 Å². The van der Waals surface area contributed by atoms with Crippen LogP contribution in [0.3, 0.4) is 0 Å². The average molecular weight is 440 g/mol. The molecule has 0 saturated carbocycles. The number of nitrogens with zero attached hydrogens (tertiary/aromatic N) is 2. The highest BCUT2D eigenvalue weighted by atomic mass is 32.1. The minimum Gasteiger partial charge on any atom is -0.454 e. The van der Waals surface area contributed by atoms with E-state index in [0.717, 1.165) is 30.7 Å². The number of benzene rings is 1. The highest BCUT2D eigenvalue weighted by Gasteiger charge is 2.18. The van der Waals surface area contributed by atoms with E-state index in [4.69, 9.17) is 9.15 Å². The SMILES string of the molecule is Cc1ccc(C(=O)N=c2scc(C)n2Cc2ccc(C(=O)NCC3CCCO3)o2)cc1. The Kier molecular flexibility index (Phi) is 6.48. The first-order chi connectivity index (χ1) is 15.0. The molecular weight excluding hydrogens is 414 g/mol. The Morgan fingerprint density at radius 1 is 1.19 bits per heavy atom. The van der Waals surface area contributed by atoms with E-state index in [-0.39, 0.29) is 23.7 Å². The first-order valence-electron chi connectivity index (χ1n) is 10.3. The van der Waals surface area contributed by atoms with Crippen molar-refractivity contribution in [1.29, 1.82) is 0 Å². The summed E-state index contributed by atoms with van der Waals surface area (Å²) in [4.78, 5) is 29.8. The molecule has 8 heteroatoms. The number of carbonyl (C=O) groups is 2. The van der Waals surface area contributed by atoms with Crippen molar-refractivity contribution in [2.45, 2.75) is 39.3 Å². The zero-order valence-corrected chi connectivity index (χ0v) is 18.4. The molecule has 4 rings (SSSR count). The van der Waals surface area contributed by atoms with Gasteiger partial charge in [-0.2, -0.15) is 4.99 Å². The topological polar surface area (TPSA) is 85.8 Å². The van der Waals surface area contributed by atoms with Crippen molar-refractivity contribution in [3.63, 3.8) is 0 Å². The maximum Gasteiger partial charge on any atom is 0.287 e. The summed E-state index contributed by atoms with van der Waals surface area (Å²) in [6.07, 6.45) is 2.07. The summed E-state index contributed by atoms with van der Waals surface area (Å²) < 4.78 is 13.2. The van der Waals surface area contributed by atoms with Crippen LogP contribution in [-0.4, -0.2) is 35.6 Å². The molecule has 2 aromatic heterocycles. The molecule has 0 radical (unpaired) electrons. The fourth-order valence-electron chi connectivity index (χ4n) is 3.38. The van der Waals surface area contributed by atoms with E-state index in [1.54, 1.807) is 24.3 Å². The molecule has 1 unspecified atom stereocenters. The van der Waals surface area contributed by atoms with E-state index < -0.39 is 0 Å².